The van der Waals surface area contributed by atoms with E-state index in [1.165, 1.54) is 6.26 Å². The van der Waals surface area contributed by atoms with Gasteiger partial charge in [-0.25, -0.2) is 23.4 Å². The van der Waals surface area contributed by atoms with E-state index in [0.717, 1.165) is 42.0 Å². The first kappa shape index (κ1) is 22.2. The fourth-order valence-electron chi connectivity index (χ4n) is 5.03. The molecular formula is C21H30N8O3S. The second kappa shape index (κ2) is 8.03. The van der Waals surface area contributed by atoms with Crippen molar-refractivity contribution in [3.8, 4) is 11.3 Å². The van der Waals surface area contributed by atoms with E-state index < -0.39 is 10.0 Å². The Morgan fingerprint density at radius 2 is 1.94 bits per heavy atom. The van der Waals surface area contributed by atoms with Gasteiger partial charge in [0, 0.05) is 49.7 Å². The van der Waals surface area contributed by atoms with Crippen molar-refractivity contribution < 1.29 is 13.2 Å². The van der Waals surface area contributed by atoms with Crippen LogP contribution in [0.5, 0.6) is 0 Å². The third-order valence-electron chi connectivity index (χ3n) is 6.92. The van der Waals surface area contributed by atoms with Crippen LogP contribution >= 0.6 is 0 Å². The van der Waals surface area contributed by atoms with E-state index in [0.29, 0.717) is 38.8 Å². The van der Waals surface area contributed by atoms with Crippen molar-refractivity contribution >= 4 is 27.7 Å². The van der Waals surface area contributed by atoms with Crippen molar-refractivity contribution in [2.75, 3.05) is 61.2 Å². The Bertz CT molecular complexity index is 1160. The molecular weight excluding hydrogens is 444 g/mol. The molecule has 5 heterocycles. The molecule has 2 aromatic heterocycles. The summed E-state index contributed by atoms with van der Waals surface area (Å²) >= 11 is 0. The van der Waals surface area contributed by atoms with E-state index in [1.54, 1.807) is 16.7 Å². The average molecular weight is 475 g/mol. The van der Waals surface area contributed by atoms with E-state index in [2.05, 4.69) is 33.6 Å². The summed E-state index contributed by atoms with van der Waals surface area (Å²) in [6.45, 7) is 7.87. The molecule has 178 valence electrons. The van der Waals surface area contributed by atoms with Gasteiger partial charge in [-0.3, -0.25) is 0 Å². The lowest BCUT2D eigenvalue weighted by Crippen LogP contribution is -2.49. The third-order valence-corrected chi connectivity index (χ3v) is 8.17. The molecule has 2 fully saturated rings. The highest BCUT2D eigenvalue weighted by atomic mass is 32.2. The molecule has 0 aromatic carbocycles. The van der Waals surface area contributed by atoms with E-state index in [9.17, 15) is 8.42 Å². The molecule has 2 N–H and O–H groups in total. The predicted octanol–water partition coefficient (Wildman–Crippen LogP) is 0.527. The van der Waals surface area contributed by atoms with Crippen LogP contribution in [0.1, 0.15) is 25.8 Å². The Hall–Kier alpha value is -2.57. The van der Waals surface area contributed by atoms with Crippen LogP contribution in [0.3, 0.4) is 0 Å². The fraction of sp³-hybridized carbons (Fsp3) is 0.619. The van der Waals surface area contributed by atoms with E-state index in [4.69, 9.17) is 20.4 Å². The highest BCUT2D eigenvalue weighted by Gasteiger charge is 2.45. The van der Waals surface area contributed by atoms with Crippen LogP contribution < -0.4 is 15.5 Å². The predicted molar refractivity (Wildman–Crippen MR) is 126 cm³/mol. The normalized spacial score (nSPS) is 26.1. The van der Waals surface area contributed by atoms with Gasteiger partial charge >= 0.3 is 0 Å². The minimum Gasteiger partial charge on any atom is -0.377 e. The van der Waals surface area contributed by atoms with Crippen molar-refractivity contribution in [2.24, 2.45) is 0 Å². The van der Waals surface area contributed by atoms with Crippen molar-refractivity contribution in [1.29, 1.82) is 0 Å². The lowest BCUT2D eigenvalue weighted by Gasteiger charge is -2.38. The number of anilines is 3. The van der Waals surface area contributed by atoms with Crippen LogP contribution in [0.15, 0.2) is 12.4 Å². The second-order valence-corrected chi connectivity index (χ2v) is 11.3. The van der Waals surface area contributed by atoms with E-state index in [-0.39, 0.29) is 17.5 Å². The second-order valence-electron chi connectivity index (χ2n) is 9.37. The number of nitrogen functional groups attached to an aromatic ring is 1. The van der Waals surface area contributed by atoms with Gasteiger partial charge in [-0.2, -0.15) is 9.29 Å². The van der Waals surface area contributed by atoms with Gasteiger partial charge in [-0.15, -0.1) is 0 Å². The third kappa shape index (κ3) is 4.00. The quantitative estimate of drug-likeness (QED) is 0.669. The molecule has 0 aliphatic carbocycles. The van der Waals surface area contributed by atoms with E-state index in [1.807, 2.05) is 0 Å². The zero-order valence-electron chi connectivity index (χ0n) is 19.2. The van der Waals surface area contributed by atoms with Crippen LogP contribution in [0.2, 0.25) is 0 Å². The zero-order chi connectivity index (χ0) is 23.4. The monoisotopic (exact) mass is 474 g/mol. The number of nitrogens with zero attached hydrogens (tertiary/aromatic N) is 7. The van der Waals surface area contributed by atoms with Gasteiger partial charge < -0.3 is 20.3 Å². The Balaban J connectivity index is 1.60. The highest BCUT2D eigenvalue weighted by Crippen LogP contribution is 2.42. The Morgan fingerprint density at radius 3 is 2.61 bits per heavy atom. The first-order valence-corrected chi connectivity index (χ1v) is 13.1. The van der Waals surface area contributed by atoms with Gasteiger partial charge in [0.15, 0.2) is 0 Å². The maximum atomic E-state index is 12.2. The summed E-state index contributed by atoms with van der Waals surface area (Å²) in [5.74, 6) is 1.72. The summed E-state index contributed by atoms with van der Waals surface area (Å²) in [7, 11) is -3.24. The maximum absolute atomic E-state index is 12.2. The standard InChI is InChI=1S/C21H30N8O3S/c1-14-12-32-9-8-28(14)20-25-17(15-10-23-19(22)24-11-15)16-4-6-29(18(16)26-20)21(2)5-7-27(13-21)33(3,30)31/h10-11,14H,4-9,12-13H2,1-3H3,(H2,22,23,24)/t14-,21+/m1/s1. The molecule has 0 amide bonds. The van der Waals surface area contributed by atoms with Crippen LogP contribution in [-0.4, -0.2) is 89.9 Å². The molecule has 12 heteroatoms. The molecule has 2 aromatic rings. The molecule has 5 rings (SSSR count). The molecule has 2 saturated heterocycles. The van der Waals surface area contributed by atoms with E-state index >= 15 is 0 Å². The topological polar surface area (TPSA) is 131 Å². The summed E-state index contributed by atoms with van der Waals surface area (Å²) in [5, 5.41) is 0. The Kier molecular flexibility index (Phi) is 5.41. The summed E-state index contributed by atoms with van der Waals surface area (Å²) in [5.41, 5.74) is 8.00. The largest absolute Gasteiger partial charge is 0.377 e. The molecule has 3 aliphatic heterocycles. The maximum Gasteiger partial charge on any atom is 0.228 e. The molecule has 0 spiro atoms. The molecule has 0 saturated carbocycles. The number of ether oxygens (including phenoxy) is 1. The van der Waals surface area contributed by atoms with Gasteiger partial charge in [0.2, 0.25) is 21.9 Å². The molecule has 33 heavy (non-hydrogen) atoms. The van der Waals surface area contributed by atoms with Crippen molar-refractivity contribution in [1.82, 2.24) is 24.2 Å². The van der Waals surface area contributed by atoms with Crippen LogP contribution in [-0.2, 0) is 21.2 Å². The number of hydrogen-bond donors (Lipinski definition) is 1. The molecule has 0 unspecified atom stereocenters. The first-order chi connectivity index (χ1) is 15.7. The Labute approximate surface area is 194 Å². The zero-order valence-corrected chi connectivity index (χ0v) is 20.0. The number of sulfonamides is 1. The summed E-state index contributed by atoms with van der Waals surface area (Å²) < 4.78 is 31.5. The lowest BCUT2D eigenvalue weighted by molar-refractivity contribution is 0.0981. The van der Waals surface area contributed by atoms with Crippen molar-refractivity contribution in [3.63, 3.8) is 0 Å². The van der Waals surface area contributed by atoms with Gasteiger partial charge in [0.25, 0.3) is 0 Å². The molecule has 11 nitrogen and oxygen atoms in total. The van der Waals surface area contributed by atoms with Crippen molar-refractivity contribution in [3.05, 3.63) is 18.0 Å². The summed E-state index contributed by atoms with van der Waals surface area (Å²) in [4.78, 5) is 22.8. The SMILES string of the molecule is C[C@@H]1COCCN1c1nc(-c2cnc(N)nc2)c2c(n1)N([C@@]1(C)CCN(S(C)(=O)=O)C1)CC2. The number of nitrogens with two attached hydrogens (primary N) is 1. The highest BCUT2D eigenvalue weighted by molar-refractivity contribution is 7.88. The number of fused-ring (bicyclic) bond motifs is 1. The van der Waals surface area contributed by atoms with Gasteiger partial charge in [0.1, 0.15) is 5.82 Å². The Morgan fingerprint density at radius 1 is 1.18 bits per heavy atom. The molecule has 0 radical (unpaired) electrons. The smallest absolute Gasteiger partial charge is 0.228 e. The number of morpholine rings is 1. The van der Waals surface area contributed by atoms with Crippen LogP contribution in [0.4, 0.5) is 17.7 Å². The first-order valence-electron chi connectivity index (χ1n) is 11.2. The summed E-state index contributed by atoms with van der Waals surface area (Å²) in [6, 6.07) is 0.143. The number of aromatic nitrogens is 4. The van der Waals surface area contributed by atoms with Crippen molar-refractivity contribution in [2.45, 2.75) is 38.3 Å². The van der Waals surface area contributed by atoms with Crippen LogP contribution in [0.25, 0.3) is 11.3 Å². The van der Waals surface area contributed by atoms with Crippen LogP contribution in [0, 0.1) is 0 Å². The number of hydrogen-bond acceptors (Lipinski definition) is 10. The average Bonchev–Trinajstić information content (AvgIpc) is 3.39. The van der Waals surface area contributed by atoms with Gasteiger partial charge in [-0.1, -0.05) is 0 Å². The fourth-order valence-corrected chi connectivity index (χ4v) is 5.96. The number of rotatable bonds is 4. The molecule has 3 aliphatic rings. The summed E-state index contributed by atoms with van der Waals surface area (Å²) in [6.07, 6.45) is 6.18. The van der Waals surface area contributed by atoms with Gasteiger partial charge in [-0.05, 0) is 26.7 Å². The minimum absolute atomic E-state index is 0.143. The molecule has 2 atom stereocenters. The minimum atomic E-state index is -3.24. The lowest BCUT2D eigenvalue weighted by atomic mass is 9.99. The molecule has 0 bridgehead atoms. The van der Waals surface area contributed by atoms with Gasteiger partial charge in [0.05, 0.1) is 36.7 Å².